The molecule has 0 spiro atoms. The van der Waals surface area contributed by atoms with Gasteiger partial charge in [-0.05, 0) is 43.9 Å². The zero-order chi connectivity index (χ0) is 11.8. The van der Waals surface area contributed by atoms with Crippen molar-refractivity contribution >= 4 is 26.7 Å². The predicted octanol–water partition coefficient (Wildman–Crippen LogP) is 2.90. The van der Waals surface area contributed by atoms with Gasteiger partial charge in [0.25, 0.3) is 0 Å². The summed E-state index contributed by atoms with van der Waals surface area (Å²) in [5.74, 6) is 0. The van der Waals surface area contributed by atoms with E-state index in [-0.39, 0.29) is 6.04 Å². The molecule has 17 heavy (non-hydrogen) atoms. The Morgan fingerprint density at radius 2 is 2.29 bits per heavy atom. The molecule has 1 aliphatic carbocycles. The van der Waals surface area contributed by atoms with Gasteiger partial charge in [-0.15, -0.1) is 0 Å². The summed E-state index contributed by atoms with van der Waals surface area (Å²) >= 11 is 1.72. The SMILES string of the molecule is Cc1ccc2nc(N[C@H]3CCC[C@H]3N)sc2c1. The minimum absolute atomic E-state index is 0.281. The summed E-state index contributed by atoms with van der Waals surface area (Å²) < 4.78 is 1.25. The van der Waals surface area contributed by atoms with Gasteiger partial charge in [-0.3, -0.25) is 0 Å². The maximum atomic E-state index is 6.06. The van der Waals surface area contributed by atoms with E-state index in [2.05, 4.69) is 35.4 Å². The predicted molar refractivity (Wildman–Crippen MR) is 73.6 cm³/mol. The first-order chi connectivity index (χ1) is 8.22. The second-order valence-corrected chi connectivity index (χ2v) is 5.87. The minimum Gasteiger partial charge on any atom is -0.357 e. The van der Waals surface area contributed by atoms with Gasteiger partial charge in [-0.25, -0.2) is 4.98 Å². The number of nitrogens with one attached hydrogen (secondary N) is 1. The molecule has 1 heterocycles. The van der Waals surface area contributed by atoms with Crippen LogP contribution in [0.3, 0.4) is 0 Å². The number of rotatable bonds is 2. The normalized spacial score (nSPS) is 24.4. The zero-order valence-electron chi connectivity index (χ0n) is 9.94. The highest BCUT2D eigenvalue weighted by molar-refractivity contribution is 7.22. The van der Waals surface area contributed by atoms with Crippen molar-refractivity contribution in [2.45, 2.75) is 38.3 Å². The van der Waals surface area contributed by atoms with E-state index in [4.69, 9.17) is 5.73 Å². The molecule has 1 aromatic carbocycles. The molecule has 0 amide bonds. The quantitative estimate of drug-likeness (QED) is 0.858. The summed E-state index contributed by atoms with van der Waals surface area (Å²) in [5.41, 5.74) is 8.42. The number of hydrogen-bond acceptors (Lipinski definition) is 4. The van der Waals surface area contributed by atoms with Crippen LogP contribution in [-0.2, 0) is 0 Å². The fourth-order valence-corrected chi connectivity index (χ4v) is 3.45. The minimum atomic E-state index is 0.281. The van der Waals surface area contributed by atoms with Gasteiger partial charge in [0.05, 0.1) is 10.2 Å². The third-order valence-electron chi connectivity index (χ3n) is 3.42. The standard InChI is InChI=1S/C13H17N3S/c1-8-5-6-11-12(7-8)17-13(16-11)15-10-4-2-3-9(10)14/h5-7,9-10H,2-4,14H2,1H3,(H,15,16)/t9-,10+/m1/s1. The largest absolute Gasteiger partial charge is 0.357 e. The van der Waals surface area contributed by atoms with Crippen LogP contribution in [0.25, 0.3) is 10.2 Å². The molecule has 2 aromatic rings. The number of thiazole rings is 1. The van der Waals surface area contributed by atoms with Crippen LogP contribution in [0.5, 0.6) is 0 Å². The summed E-state index contributed by atoms with van der Waals surface area (Å²) in [7, 11) is 0. The van der Waals surface area contributed by atoms with Crippen molar-refractivity contribution in [2.75, 3.05) is 5.32 Å². The van der Waals surface area contributed by atoms with Crippen molar-refractivity contribution in [1.82, 2.24) is 4.98 Å². The van der Waals surface area contributed by atoms with Crippen LogP contribution in [0.2, 0.25) is 0 Å². The topological polar surface area (TPSA) is 50.9 Å². The van der Waals surface area contributed by atoms with Crippen molar-refractivity contribution in [2.24, 2.45) is 5.73 Å². The van der Waals surface area contributed by atoms with E-state index in [9.17, 15) is 0 Å². The third kappa shape index (κ3) is 2.15. The highest BCUT2D eigenvalue weighted by atomic mass is 32.1. The van der Waals surface area contributed by atoms with E-state index in [1.807, 2.05) is 0 Å². The van der Waals surface area contributed by atoms with E-state index < -0.39 is 0 Å². The molecule has 1 aromatic heterocycles. The van der Waals surface area contributed by atoms with Gasteiger partial charge in [0.2, 0.25) is 0 Å². The molecule has 4 heteroatoms. The Bertz CT molecular complexity index is 534. The molecule has 1 saturated carbocycles. The average molecular weight is 247 g/mol. The maximum absolute atomic E-state index is 6.06. The first kappa shape index (κ1) is 11.0. The van der Waals surface area contributed by atoms with Crippen LogP contribution in [0, 0.1) is 6.92 Å². The fourth-order valence-electron chi connectivity index (χ4n) is 2.42. The zero-order valence-corrected chi connectivity index (χ0v) is 10.8. The summed E-state index contributed by atoms with van der Waals surface area (Å²) in [5, 5.41) is 4.49. The number of anilines is 1. The Kier molecular flexibility index (Phi) is 2.76. The summed E-state index contributed by atoms with van der Waals surface area (Å²) in [6, 6.07) is 7.06. The molecule has 3 nitrogen and oxygen atoms in total. The number of aryl methyl sites for hydroxylation is 1. The van der Waals surface area contributed by atoms with E-state index in [1.165, 1.54) is 16.7 Å². The smallest absolute Gasteiger partial charge is 0.184 e. The Labute approximate surface area is 105 Å². The second-order valence-electron chi connectivity index (χ2n) is 4.84. The van der Waals surface area contributed by atoms with Gasteiger partial charge >= 0.3 is 0 Å². The monoisotopic (exact) mass is 247 g/mol. The molecule has 90 valence electrons. The molecule has 0 saturated heterocycles. The second kappa shape index (κ2) is 4.27. The Hall–Kier alpha value is -1.13. The number of nitrogens with zero attached hydrogens (tertiary/aromatic N) is 1. The van der Waals surface area contributed by atoms with Crippen LogP contribution in [0.1, 0.15) is 24.8 Å². The van der Waals surface area contributed by atoms with Gasteiger partial charge in [0.1, 0.15) is 0 Å². The van der Waals surface area contributed by atoms with E-state index in [1.54, 1.807) is 11.3 Å². The van der Waals surface area contributed by atoms with Crippen LogP contribution < -0.4 is 11.1 Å². The van der Waals surface area contributed by atoms with Crippen molar-refractivity contribution in [3.63, 3.8) is 0 Å². The Morgan fingerprint density at radius 1 is 1.41 bits per heavy atom. The lowest BCUT2D eigenvalue weighted by molar-refractivity contribution is 0.637. The fraction of sp³-hybridized carbons (Fsp3) is 0.462. The molecule has 0 aliphatic heterocycles. The van der Waals surface area contributed by atoms with Crippen LogP contribution in [-0.4, -0.2) is 17.1 Å². The van der Waals surface area contributed by atoms with Crippen molar-refractivity contribution in [3.05, 3.63) is 23.8 Å². The van der Waals surface area contributed by atoms with Gasteiger partial charge in [0.15, 0.2) is 5.13 Å². The molecule has 0 bridgehead atoms. The van der Waals surface area contributed by atoms with E-state index >= 15 is 0 Å². The number of aromatic nitrogens is 1. The lowest BCUT2D eigenvalue weighted by Crippen LogP contribution is -2.35. The van der Waals surface area contributed by atoms with Gasteiger partial charge < -0.3 is 11.1 Å². The van der Waals surface area contributed by atoms with Crippen LogP contribution in [0.15, 0.2) is 18.2 Å². The number of benzene rings is 1. The molecule has 2 atom stereocenters. The molecule has 1 fully saturated rings. The van der Waals surface area contributed by atoms with Crippen molar-refractivity contribution < 1.29 is 0 Å². The highest BCUT2D eigenvalue weighted by Crippen LogP contribution is 2.29. The van der Waals surface area contributed by atoms with Crippen molar-refractivity contribution in [3.8, 4) is 0 Å². The lowest BCUT2D eigenvalue weighted by Gasteiger charge is -2.15. The third-order valence-corrected chi connectivity index (χ3v) is 4.37. The van der Waals surface area contributed by atoms with Crippen molar-refractivity contribution in [1.29, 1.82) is 0 Å². The van der Waals surface area contributed by atoms with Crippen LogP contribution >= 0.6 is 11.3 Å². The van der Waals surface area contributed by atoms with Crippen LogP contribution in [0.4, 0.5) is 5.13 Å². The van der Waals surface area contributed by atoms with Gasteiger partial charge in [-0.2, -0.15) is 0 Å². The maximum Gasteiger partial charge on any atom is 0.184 e. The summed E-state index contributed by atoms with van der Waals surface area (Å²) in [4.78, 5) is 4.60. The molecular weight excluding hydrogens is 230 g/mol. The first-order valence-corrected chi connectivity index (χ1v) is 6.93. The van der Waals surface area contributed by atoms with E-state index in [0.717, 1.165) is 23.5 Å². The molecule has 0 unspecified atom stereocenters. The Balaban J connectivity index is 1.85. The lowest BCUT2D eigenvalue weighted by atomic mass is 10.2. The number of fused-ring (bicyclic) bond motifs is 1. The van der Waals surface area contributed by atoms with E-state index in [0.29, 0.717) is 6.04 Å². The average Bonchev–Trinajstić information content (AvgIpc) is 2.85. The number of nitrogens with two attached hydrogens (primary N) is 1. The van der Waals surface area contributed by atoms with Gasteiger partial charge in [-0.1, -0.05) is 17.4 Å². The van der Waals surface area contributed by atoms with Gasteiger partial charge in [0, 0.05) is 12.1 Å². The summed E-state index contributed by atoms with van der Waals surface area (Å²) in [6.45, 7) is 2.11. The molecule has 3 rings (SSSR count). The summed E-state index contributed by atoms with van der Waals surface area (Å²) in [6.07, 6.45) is 3.51. The molecule has 0 radical (unpaired) electrons. The molecule has 1 aliphatic rings. The molecular formula is C13H17N3S. The highest BCUT2D eigenvalue weighted by Gasteiger charge is 2.24. The number of hydrogen-bond donors (Lipinski definition) is 2. The Morgan fingerprint density at radius 3 is 3.06 bits per heavy atom. The molecule has 3 N–H and O–H groups in total. The first-order valence-electron chi connectivity index (χ1n) is 6.12.